The van der Waals surface area contributed by atoms with Crippen LogP contribution in [0.15, 0.2) is 12.1 Å². The van der Waals surface area contributed by atoms with Gasteiger partial charge < -0.3 is 11.5 Å². The van der Waals surface area contributed by atoms with Gasteiger partial charge in [0.05, 0.1) is 5.69 Å². The summed E-state index contributed by atoms with van der Waals surface area (Å²) in [5.74, 6) is -2.49. The Morgan fingerprint density at radius 3 is 2.07 bits per heavy atom. The average molecular weight is 226 g/mol. The molecule has 84 valence electrons. The first-order valence-corrected chi connectivity index (χ1v) is 3.80. The first-order chi connectivity index (χ1) is 6.73. The van der Waals surface area contributed by atoms with Crippen LogP contribution >= 0.6 is 0 Å². The Bertz CT molecular complexity index is 374. The van der Waals surface area contributed by atoms with Gasteiger partial charge in [0.25, 0.3) is 0 Å². The number of alkyl halides is 3. The lowest BCUT2D eigenvalue weighted by molar-refractivity contribution is -0.149. The van der Waals surface area contributed by atoms with Crippen molar-refractivity contribution in [3.05, 3.63) is 29.3 Å². The molecule has 0 fully saturated rings. The lowest BCUT2D eigenvalue weighted by atomic mass is 10.1. The minimum Gasteiger partial charge on any atom is -0.396 e. The van der Waals surface area contributed by atoms with Crippen LogP contribution in [0.1, 0.15) is 11.6 Å². The minimum atomic E-state index is -4.80. The number of anilines is 1. The molecule has 0 aromatic heterocycles. The van der Waals surface area contributed by atoms with Crippen molar-refractivity contribution >= 4 is 5.69 Å². The summed E-state index contributed by atoms with van der Waals surface area (Å²) < 4.78 is 61.9. The second-order valence-corrected chi connectivity index (χ2v) is 2.91. The zero-order valence-electron chi connectivity index (χ0n) is 7.28. The molecule has 1 aromatic rings. The SMILES string of the molecule is Nc1cc([C@H](N)C(F)(F)F)c(F)cc1F. The van der Waals surface area contributed by atoms with Gasteiger partial charge in [0.15, 0.2) is 0 Å². The van der Waals surface area contributed by atoms with Crippen molar-refractivity contribution in [1.29, 1.82) is 0 Å². The van der Waals surface area contributed by atoms with E-state index in [9.17, 15) is 22.0 Å². The van der Waals surface area contributed by atoms with Gasteiger partial charge in [0.2, 0.25) is 0 Å². The van der Waals surface area contributed by atoms with Crippen LogP contribution in [0.4, 0.5) is 27.6 Å². The third kappa shape index (κ3) is 2.35. The van der Waals surface area contributed by atoms with Gasteiger partial charge in [-0.05, 0) is 6.07 Å². The molecule has 0 heterocycles. The van der Waals surface area contributed by atoms with Crippen molar-refractivity contribution in [2.24, 2.45) is 5.73 Å². The molecule has 1 atom stereocenters. The summed E-state index contributed by atoms with van der Waals surface area (Å²) >= 11 is 0. The first-order valence-electron chi connectivity index (χ1n) is 3.80. The molecule has 7 heteroatoms. The van der Waals surface area contributed by atoms with Gasteiger partial charge in [-0.15, -0.1) is 0 Å². The summed E-state index contributed by atoms with van der Waals surface area (Å²) in [6.07, 6.45) is -4.80. The van der Waals surface area contributed by atoms with E-state index in [1.807, 2.05) is 0 Å². The van der Waals surface area contributed by atoms with Crippen LogP contribution in [0.3, 0.4) is 0 Å². The first kappa shape index (κ1) is 11.7. The minimum absolute atomic E-state index is 0.274. The molecule has 0 radical (unpaired) electrons. The van der Waals surface area contributed by atoms with Crippen LogP contribution in [0.2, 0.25) is 0 Å². The highest BCUT2D eigenvalue weighted by Gasteiger charge is 2.39. The van der Waals surface area contributed by atoms with E-state index in [2.05, 4.69) is 0 Å². The maximum absolute atomic E-state index is 12.9. The molecule has 4 N–H and O–H groups in total. The van der Waals surface area contributed by atoms with Gasteiger partial charge in [-0.2, -0.15) is 13.2 Å². The zero-order chi connectivity index (χ0) is 11.8. The molecule has 1 rings (SSSR count). The molecule has 0 saturated heterocycles. The highest BCUT2D eigenvalue weighted by molar-refractivity contribution is 5.44. The van der Waals surface area contributed by atoms with Crippen LogP contribution in [-0.2, 0) is 0 Å². The third-order valence-corrected chi connectivity index (χ3v) is 1.80. The van der Waals surface area contributed by atoms with Gasteiger partial charge >= 0.3 is 6.18 Å². The molecule has 0 spiro atoms. The van der Waals surface area contributed by atoms with E-state index in [0.717, 1.165) is 0 Å². The summed E-state index contributed by atoms with van der Waals surface area (Å²) in [4.78, 5) is 0. The number of rotatable bonds is 1. The van der Waals surface area contributed by atoms with E-state index in [1.165, 1.54) is 0 Å². The van der Waals surface area contributed by atoms with Gasteiger partial charge in [0.1, 0.15) is 17.7 Å². The van der Waals surface area contributed by atoms with E-state index < -0.39 is 35.1 Å². The fraction of sp³-hybridized carbons (Fsp3) is 0.250. The van der Waals surface area contributed by atoms with E-state index in [-0.39, 0.29) is 6.07 Å². The molecule has 1 aromatic carbocycles. The summed E-state index contributed by atoms with van der Waals surface area (Å²) in [7, 11) is 0. The number of nitrogens with two attached hydrogens (primary N) is 2. The smallest absolute Gasteiger partial charge is 0.396 e. The lowest BCUT2D eigenvalue weighted by Crippen LogP contribution is -2.29. The summed E-state index contributed by atoms with van der Waals surface area (Å²) in [5, 5.41) is 0. The van der Waals surface area contributed by atoms with Crippen LogP contribution < -0.4 is 11.5 Å². The molecule has 2 nitrogen and oxygen atoms in total. The van der Waals surface area contributed by atoms with Crippen molar-refractivity contribution in [2.75, 3.05) is 5.73 Å². The molecular formula is C8H7F5N2. The highest BCUT2D eigenvalue weighted by atomic mass is 19.4. The number of hydrogen-bond acceptors (Lipinski definition) is 2. The average Bonchev–Trinajstić information content (AvgIpc) is 2.08. The van der Waals surface area contributed by atoms with Crippen LogP contribution in [0.5, 0.6) is 0 Å². The van der Waals surface area contributed by atoms with E-state index in [0.29, 0.717) is 6.07 Å². The second kappa shape index (κ2) is 3.65. The van der Waals surface area contributed by atoms with Crippen molar-refractivity contribution < 1.29 is 22.0 Å². The standard InChI is InChI=1S/C8H7F5N2/c9-4-2-5(10)6(14)1-3(4)7(15)8(11,12)13/h1-2,7H,14-15H2/t7-/m0/s1. The summed E-state index contributed by atoms with van der Waals surface area (Å²) in [6.45, 7) is 0. The number of hydrogen-bond donors (Lipinski definition) is 2. The maximum Gasteiger partial charge on any atom is 0.407 e. The van der Waals surface area contributed by atoms with Crippen LogP contribution in [0.25, 0.3) is 0 Å². The van der Waals surface area contributed by atoms with Gasteiger partial charge in [0, 0.05) is 11.6 Å². The molecule has 0 amide bonds. The van der Waals surface area contributed by atoms with Crippen molar-refractivity contribution in [1.82, 2.24) is 0 Å². The largest absolute Gasteiger partial charge is 0.407 e. The maximum atomic E-state index is 12.9. The Kier molecular flexibility index (Phi) is 2.85. The molecule has 0 aliphatic heterocycles. The fourth-order valence-electron chi connectivity index (χ4n) is 0.998. The number of halogens is 5. The van der Waals surface area contributed by atoms with Crippen LogP contribution in [0, 0.1) is 11.6 Å². The molecule has 0 bridgehead atoms. The van der Waals surface area contributed by atoms with E-state index in [4.69, 9.17) is 11.5 Å². The Labute approximate surface area is 81.7 Å². The molecule has 15 heavy (non-hydrogen) atoms. The molecule has 0 unspecified atom stereocenters. The van der Waals surface area contributed by atoms with E-state index >= 15 is 0 Å². The van der Waals surface area contributed by atoms with Gasteiger partial charge in [-0.3, -0.25) is 0 Å². The van der Waals surface area contributed by atoms with E-state index in [1.54, 1.807) is 0 Å². The van der Waals surface area contributed by atoms with Gasteiger partial charge in [-0.25, -0.2) is 8.78 Å². The molecule has 0 aliphatic carbocycles. The lowest BCUT2D eigenvalue weighted by Gasteiger charge is -2.17. The summed E-state index contributed by atoms with van der Waals surface area (Å²) in [5.41, 5.74) is 8.30. The Balaban J connectivity index is 3.21. The Morgan fingerprint density at radius 1 is 1.07 bits per heavy atom. The predicted molar refractivity (Wildman–Crippen MR) is 43.8 cm³/mol. The fourth-order valence-corrected chi connectivity index (χ4v) is 0.998. The third-order valence-electron chi connectivity index (χ3n) is 1.80. The van der Waals surface area contributed by atoms with Gasteiger partial charge in [-0.1, -0.05) is 0 Å². The van der Waals surface area contributed by atoms with Crippen molar-refractivity contribution in [3.63, 3.8) is 0 Å². The van der Waals surface area contributed by atoms with Crippen molar-refractivity contribution in [2.45, 2.75) is 12.2 Å². The predicted octanol–water partition coefficient (Wildman–Crippen LogP) is 2.11. The van der Waals surface area contributed by atoms with Crippen molar-refractivity contribution in [3.8, 4) is 0 Å². The normalized spacial score (nSPS) is 14.0. The second-order valence-electron chi connectivity index (χ2n) is 2.91. The monoisotopic (exact) mass is 226 g/mol. The van der Waals surface area contributed by atoms with Crippen LogP contribution in [-0.4, -0.2) is 6.18 Å². The molecule has 0 saturated carbocycles. The quantitative estimate of drug-likeness (QED) is 0.569. The molecule has 0 aliphatic rings. The molecular weight excluding hydrogens is 219 g/mol. The Hall–Kier alpha value is -1.37. The number of benzene rings is 1. The topological polar surface area (TPSA) is 52.0 Å². The highest BCUT2D eigenvalue weighted by Crippen LogP contribution is 2.33. The summed E-state index contributed by atoms with van der Waals surface area (Å²) in [6, 6.07) is -1.69. The number of nitrogen functional groups attached to an aromatic ring is 1. The Morgan fingerprint density at radius 2 is 1.60 bits per heavy atom. The zero-order valence-corrected chi connectivity index (χ0v) is 7.28.